The molecule has 0 spiro atoms. The Kier molecular flexibility index (Phi) is 5.57. The number of hydrogen-bond acceptors (Lipinski definition) is 3. The number of amides is 2. The van der Waals surface area contributed by atoms with Gasteiger partial charge in [-0.25, -0.2) is 9.18 Å². The summed E-state index contributed by atoms with van der Waals surface area (Å²) in [5.41, 5.74) is 5.09. The second-order valence-corrected chi connectivity index (χ2v) is 10.1. The number of aryl methyl sites for hydroxylation is 1. The van der Waals surface area contributed by atoms with Gasteiger partial charge >= 0.3 is 6.03 Å². The number of anilines is 1. The van der Waals surface area contributed by atoms with Crippen LogP contribution in [0, 0.1) is 5.82 Å². The quantitative estimate of drug-likeness (QED) is 0.349. The van der Waals surface area contributed by atoms with Crippen LogP contribution in [0.3, 0.4) is 0 Å². The van der Waals surface area contributed by atoms with Crippen molar-refractivity contribution in [1.82, 2.24) is 9.47 Å². The fourth-order valence-electron chi connectivity index (χ4n) is 5.32. The Morgan fingerprint density at radius 2 is 1.83 bits per heavy atom. The SMILES string of the molecule is COc1ccccc1NC(=O)N1Cc2c(sc3c2CCCC3)-n2cccc2[C@H]1c1ccc(F)cc1. The predicted octanol–water partition coefficient (Wildman–Crippen LogP) is 6.70. The van der Waals surface area contributed by atoms with Gasteiger partial charge in [-0.15, -0.1) is 11.3 Å². The molecule has 0 saturated heterocycles. The van der Waals surface area contributed by atoms with Crippen LogP contribution in [0.2, 0.25) is 0 Å². The lowest BCUT2D eigenvalue weighted by atomic mass is 9.95. The van der Waals surface area contributed by atoms with Gasteiger partial charge in [0, 0.05) is 16.6 Å². The number of aromatic nitrogens is 1. The first-order valence-electron chi connectivity index (χ1n) is 11.9. The molecule has 7 heteroatoms. The summed E-state index contributed by atoms with van der Waals surface area (Å²) < 4.78 is 21.5. The standard InChI is InChI=1S/C28H26FN3O2S/c1-34-24-10-4-3-8-22(24)30-28(33)32-17-21-20-7-2-5-11-25(20)35-27(21)31-16-6-9-23(31)26(32)18-12-14-19(29)15-13-18/h3-4,6,8-10,12-16,26H,2,5,7,11,17H2,1H3,(H,30,33)/t26-/m1/s1. The van der Waals surface area contributed by atoms with Crippen molar-refractivity contribution < 1.29 is 13.9 Å². The van der Waals surface area contributed by atoms with Crippen molar-refractivity contribution in [3.8, 4) is 10.8 Å². The molecule has 6 rings (SSSR count). The zero-order valence-corrected chi connectivity index (χ0v) is 20.3. The van der Waals surface area contributed by atoms with Gasteiger partial charge < -0.3 is 19.5 Å². The number of thiophene rings is 1. The maximum absolute atomic E-state index is 13.9. The zero-order chi connectivity index (χ0) is 23.9. The molecule has 35 heavy (non-hydrogen) atoms. The molecule has 1 N–H and O–H groups in total. The van der Waals surface area contributed by atoms with E-state index < -0.39 is 0 Å². The molecule has 1 aliphatic carbocycles. The van der Waals surface area contributed by atoms with Crippen LogP contribution >= 0.6 is 11.3 Å². The number of benzene rings is 2. The fourth-order valence-corrected chi connectivity index (χ4v) is 6.72. The van der Waals surface area contributed by atoms with Crippen molar-refractivity contribution >= 4 is 23.1 Å². The molecule has 0 unspecified atom stereocenters. The molecule has 0 fully saturated rings. The first-order valence-corrected chi connectivity index (χ1v) is 12.7. The summed E-state index contributed by atoms with van der Waals surface area (Å²) in [5, 5.41) is 4.27. The molecular weight excluding hydrogens is 461 g/mol. The molecule has 5 nitrogen and oxygen atoms in total. The molecule has 3 heterocycles. The number of rotatable bonds is 3. The monoisotopic (exact) mass is 487 g/mol. The largest absolute Gasteiger partial charge is 0.495 e. The minimum Gasteiger partial charge on any atom is -0.495 e. The molecule has 2 aromatic heterocycles. The topological polar surface area (TPSA) is 46.5 Å². The van der Waals surface area contributed by atoms with Crippen LogP contribution in [0.25, 0.3) is 5.00 Å². The number of methoxy groups -OCH3 is 1. The molecule has 0 bridgehead atoms. The van der Waals surface area contributed by atoms with E-state index in [1.807, 2.05) is 46.6 Å². The average molecular weight is 488 g/mol. The molecule has 178 valence electrons. The van der Waals surface area contributed by atoms with Gasteiger partial charge in [0.05, 0.1) is 31.1 Å². The summed E-state index contributed by atoms with van der Waals surface area (Å²) in [6.07, 6.45) is 6.60. The molecular formula is C28H26FN3O2S. The van der Waals surface area contributed by atoms with Gasteiger partial charge in [0.1, 0.15) is 16.6 Å². The van der Waals surface area contributed by atoms with E-state index in [9.17, 15) is 9.18 Å². The lowest BCUT2D eigenvalue weighted by molar-refractivity contribution is 0.194. The number of carbonyl (C=O) groups is 1. The Labute approximate surface area is 207 Å². The number of fused-ring (bicyclic) bond motifs is 5. The smallest absolute Gasteiger partial charge is 0.323 e. The number of para-hydroxylation sites is 2. The van der Waals surface area contributed by atoms with E-state index >= 15 is 0 Å². The second-order valence-electron chi connectivity index (χ2n) is 9.01. The highest BCUT2D eigenvalue weighted by molar-refractivity contribution is 7.15. The van der Waals surface area contributed by atoms with Crippen LogP contribution < -0.4 is 10.1 Å². The van der Waals surface area contributed by atoms with Gasteiger partial charge in [0.15, 0.2) is 0 Å². The Hall–Kier alpha value is -3.58. The summed E-state index contributed by atoms with van der Waals surface area (Å²) in [6, 6.07) is 17.4. The van der Waals surface area contributed by atoms with E-state index in [0.717, 1.165) is 24.1 Å². The normalized spacial score (nSPS) is 16.6. The molecule has 0 radical (unpaired) electrons. The summed E-state index contributed by atoms with van der Waals surface area (Å²) >= 11 is 1.85. The number of nitrogens with one attached hydrogen (secondary N) is 1. The van der Waals surface area contributed by atoms with Crippen molar-refractivity contribution in [1.29, 1.82) is 0 Å². The van der Waals surface area contributed by atoms with E-state index in [-0.39, 0.29) is 17.9 Å². The highest BCUT2D eigenvalue weighted by Gasteiger charge is 2.36. The van der Waals surface area contributed by atoms with Gasteiger partial charge in [0.25, 0.3) is 0 Å². The summed E-state index contributed by atoms with van der Waals surface area (Å²) in [7, 11) is 1.59. The lowest BCUT2D eigenvalue weighted by Gasteiger charge is -2.31. The summed E-state index contributed by atoms with van der Waals surface area (Å²) in [6.45, 7) is 0.478. The maximum atomic E-state index is 13.9. The fraction of sp³-hybridized carbons (Fsp3) is 0.250. The minimum absolute atomic E-state index is 0.222. The zero-order valence-electron chi connectivity index (χ0n) is 19.5. The van der Waals surface area contributed by atoms with Gasteiger partial charge in [-0.3, -0.25) is 0 Å². The Balaban J connectivity index is 1.50. The molecule has 0 saturated carbocycles. The molecule has 1 aliphatic heterocycles. The van der Waals surface area contributed by atoms with E-state index in [2.05, 4.69) is 22.1 Å². The molecule has 2 aliphatic rings. The Bertz CT molecular complexity index is 1390. The van der Waals surface area contributed by atoms with Crippen LogP contribution in [-0.2, 0) is 19.4 Å². The highest BCUT2D eigenvalue weighted by atomic mass is 32.1. The number of hydrogen-bond donors (Lipinski definition) is 1. The molecule has 2 aromatic carbocycles. The van der Waals surface area contributed by atoms with Crippen molar-refractivity contribution in [2.45, 2.75) is 38.3 Å². The van der Waals surface area contributed by atoms with E-state index in [0.29, 0.717) is 18.0 Å². The van der Waals surface area contributed by atoms with Gasteiger partial charge in [-0.2, -0.15) is 0 Å². The number of ether oxygens (including phenoxy) is 1. The lowest BCUT2D eigenvalue weighted by Crippen LogP contribution is -2.38. The third kappa shape index (κ3) is 3.80. The molecule has 2 amide bonds. The summed E-state index contributed by atoms with van der Waals surface area (Å²) in [5.74, 6) is 0.307. The van der Waals surface area contributed by atoms with Crippen molar-refractivity contribution in [3.63, 3.8) is 0 Å². The predicted molar refractivity (Wildman–Crippen MR) is 136 cm³/mol. The van der Waals surface area contributed by atoms with Crippen LogP contribution in [0.15, 0.2) is 66.9 Å². The van der Waals surface area contributed by atoms with Crippen LogP contribution in [0.4, 0.5) is 14.9 Å². The van der Waals surface area contributed by atoms with Crippen LogP contribution in [-0.4, -0.2) is 22.6 Å². The van der Waals surface area contributed by atoms with E-state index in [1.165, 1.54) is 46.0 Å². The first-order chi connectivity index (χ1) is 17.1. The minimum atomic E-state index is -0.376. The number of halogens is 1. The van der Waals surface area contributed by atoms with Crippen molar-refractivity contribution in [3.05, 3.63) is 99.9 Å². The number of nitrogens with zero attached hydrogens (tertiary/aromatic N) is 2. The third-order valence-corrected chi connectivity index (χ3v) is 8.31. The van der Waals surface area contributed by atoms with Gasteiger partial charge in [-0.1, -0.05) is 24.3 Å². The first kappa shape index (κ1) is 21.9. The number of carbonyl (C=O) groups excluding carboxylic acids is 1. The van der Waals surface area contributed by atoms with Crippen LogP contribution in [0.5, 0.6) is 5.75 Å². The van der Waals surface area contributed by atoms with E-state index in [4.69, 9.17) is 4.74 Å². The van der Waals surface area contributed by atoms with Crippen LogP contribution in [0.1, 0.15) is 46.1 Å². The number of urea groups is 1. The second kappa shape index (κ2) is 8.89. The van der Waals surface area contributed by atoms with Gasteiger partial charge in [-0.05, 0) is 73.2 Å². The van der Waals surface area contributed by atoms with Crippen molar-refractivity contribution in [2.75, 3.05) is 12.4 Å². The van der Waals surface area contributed by atoms with E-state index in [1.54, 1.807) is 19.2 Å². The van der Waals surface area contributed by atoms with Crippen molar-refractivity contribution in [2.24, 2.45) is 0 Å². The molecule has 4 aromatic rings. The Morgan fingerprint density at radius 1 is 1.03 bits per heavy atom. The molecule has 1 atom stereocenters. The highest BCUT2D eigenvalue weighted by Crippen LogP contribution is 2.44. The maximum Gasteiger partial charge on any atom is 0.323 e. The average Bonchev–Trinajstić information content (AvgIpc) is 3.47. The third-order valence-electron chi connectivity index (χ3n) is 6.97. The van der Waals surface area contributed by atoms with Gasteiger partial charge in [0.2, 0.25) is 0 Å². The Morgan fingerprint density at radius 3 is 2.66 bits per heavy atom. The summed E-state index contributed by atoms with van der Waals surface area (Å²) in [4.78, 5) is 17.3.